The van der Waals surface area contributed by atoms with Gasteiger partial charge in [-0.1, -0.05) is 43.1 Å². The molecule has 2 rings (SSSR count). The van der Waals surface area contributed by atoms with E-state index in [1.807, 2.05) is 26.8 Å². The van der Waals surface area contributed by atoms with E-state index in [-0.39, 0.29) is 24.0 Å². The zero-order valence-electron chi connectivity index (χ0n) is 21.2. The molecule has 0 spiro atoms. The summed E-state index contributed by atoms with van der Waals surface area (Å²) in [7, 11) is -5.45. The van der Waals surface area contributed by atoms with Crippen LogP contribution in [0.15, 0.2) is 39.2 Å². The molecule has 0 aliphatic carbocycles. The molecule has 0 bridgehead atoms. The Morgan fingerprint density at radius 1 is 0.865 bits per heavy atom. The van der Waals surface area contributed by atoms with Gasteiger partial charge in [0.15, 0.2) is 23.3 Å². The van der Waals surface area contributed by atoms with Crippen molar-refractivity contribution >= 4 is 9.84 Å². The predicted molar refractivity (Wildman–Crippen MR) is 131 cm³/mol. The molecule has 2 aromatic carbocycles. The summed E-state index contributed by atoms with van der Waals surface area (Å²) in [4.78, 5) is -3.05. The van der Waals surface area contributed by atoms with Crippen molar-refractivity contribution in [2.75, 3.05) is 0 Å². The van der Waals surface area contributed by atoms with Crippen LogP contribution in [0.4, 0.5) is 22.0 Å². The Hall–Kier alpha value is -2.88. The average Bonchev–Trinajstić information content (AvgIpc) is 2.80. The average molecular weight is 547 g/mol. The maximum absolute atomic E-state index is 14.5. The summed E-state index contributed by atoms with van der Waals surface area (Å²) in [5.41, 5.74) is 1.56. The smallest absolute Gasteiger partial charge is 0.216 e. The van der Waals surface area contributed by atoms with Gasteiger partial charge in [0.25, 0.3) is 0 Å². The second-order valence-corrected chi connectivity index (χ2v) is 11.0. The van der Waals surface area contributed by atoms with Gasteiger partial charge in [-0.3, -0.25) is 0 Å². The third-order valence-corrected chi connectivity index (χ3v) is 7.80. The molecular weight excluding hydrogens is 515 g/mol. The van der Waals surface area contributed by atoms with Crippen LogP contribution >= 0.6 is 0 Å². The maximum Gasteiger partial charge on any atom is 0.216 e. The fourth-order valence-electron chi connectivity index (χ4n) is 3.87. The summed E-state index contributed by atoms with van der Waals surface area (Å²) < 4.78 is 97.1. The van der Waals surface area contributed by atoms with E-state index in [0.29, 0.717) is 19.3 Å². The van der Waals surface area contributed by atoms with Crippen molar-refractivity contribution in [1.82, 2.24) is 0 Å². The van der Waals surface area contributed by atoms with Crippen LogP contribution in [0.2, 0.25) is 0 Å². The SMILES string of the molecule is CCCCCc1cc(O)c(CC=C(C)CCC=C(C)C)c(O)c1S(=O)(=O)c1c(F)c(F)c(F)c(F)c1F. The molecule has 4 nitrogen and oxygen atoms in total. The Morgan fingerprint density at radius 2 is 1.43 bits per heavy atom. The van der Waals surface area contributed by atoms with Crippen LogP contribution in [0.25, 0.3) is 0 Å². The zero-order chi connectivity index (χ0) is 28.1. The molecular formula is C27H31F5O4S. The Kier molecular flexibility index (Phi) is 10.3. The molecule has 10 heteroatoms. The van der Waals surface area contributed by atoms with Gasteiger partial charge in [-0.25, -0.2) is 30.4 Å². The van der Waals surface area contributed by atoms with Gasteiger partial charge < -0.3 is 10.2 Å². The van der Waals surface area contributed by atoms with E-state index in [1.54, 1.807) is 13.0 Å². The Labute approximate surface area is 214 Å². The molecule has 0 aromatic heterocycles. The van der Waals surface area contributed by atoms with Crippen LogP contribution in [0, 0.1) is 29.1 Å². The van der Waals surface area contributed by atoms with Gasteiger partial charge in [0.1, 0.15) is 21.3 Å². The Bertz CT molecular complexity index is 1300. The number of hydrogen-bond donors (Lipinski definition) is 2. The lowest BCUT2D eigenvalue weighted by Crippen LogP contribution is -2.15. The van der Waals surface area contributed by atoms with E-state index < -0.39 is 60.2 Å². The molecule has 0 unspecified atom stereocenters. The first-order valence-corrected chi connectivity index (χ1v) is 13.4. The summed E-state index contributed by atoms with van der Waals surface area (Å²) >= 11 is 0. The van der Waals surface area contributed by atoms with Gasteiger partial charge in [-0.05, 0) is 64.5 Å². The highest BCUT2D eigenvalue weighted by molar-refractivity contribution is 7.91. The molecule has 204 valence electrons. The monoisotopic (exact) mass is 546 g/mol. The molecule has 0 heterocycles. The number of aromatic hydroxyl groups is 2. The topological polar surface area (TPSA) is 74.6 Å². The van der Waals surface area contributed by atoms with Crippen molar-refractivity contribution in [2.24, 2.45) is 0 Å². The van der Waals surface area contributed by atoms with Crippen molar-refractivity contribution < 1.29 is 40.6 Å². The quantitative estimate of drug-likeness (QED) is 0.0760. The number of phenolic OH excluding ortho intramolecular Hbond substituents is 2. The third-order valence-electron chi connectivity index (χ3n) is 5.92. The summed E-state index contributed by atoms with van der Waals surface area (Å²) in [6, 6.07) is 1.05. The van der Waals surface area contributed by atoms with Gasteiger partial charge in [-0.2, -0.15) is 0 Å². The van der Waals surface area contributed by atoms with E-state index in [4.69, 9.17) is 0 Å². The number of phenols is 2. The number of allylic oxidation sites excluding steroid dienone is 4. The fourth-order valence-corrected chi connectivity index (χ4v) is 5.61. The number of halogens is 5. The molecule has 37 heavy (non-hydrogen) atoms. The molecule has 0 radical (unpaired) electrons. The van der Waals surface area contributed by atoms with Gasteiger partial charge in [-0.15, -0.1) is 0 Å². The van der Waals surface area contributed by atoms with Crippen molar-refractivity contribution in [1.29, 1.82) is 0 Å². The first kappa shape index (κ1) is 30.3. The van der Waals surface area contributed by atoms with Gasteiger partial charge in [0, 0.05) is 5.56 Å². The van der Waals surface area contributed by atoms with Crippen LogP contribution in [0.3, 0.4) is 0 Å². The van der Waals surface area contributed by atoms with Crippen molar-refractivity contribution in [2.45, 2.75) is 82.4 Å². The minimum Gasteiger partial charge on any atom is -0.508 e. The van der Waals surface area contributed by atoms with Crippen molar-refractivity contribution in [3.05, 3.63) is 69.6 Å². The summed E-state index contributed by atoms with van der Waals surface area (Å²) in [6.45, 7) is 7.57. The van der Waals surface area contributed by atoms with Crippen LogP contribution in [-0.2, 0) is 22.7 Å². The minimum absolute atomic E-state index is 0.0310. The first-order valence-electron chi connectivity index (χ1n) is 11.9. The number of sulfone groups is 1. The van der Waals surface area contributed by atoms with E-state index in [1.165, 1.54) is 0 Å². The van der Waals surface area contributed by atoms with Gasteiger partial charge in [0.2, 0.25) is 15.7 Å². The highest BCUT2D eigenvalue weighted by Gasteiger charge is 2.38. The lowest BCUT2D eigenvalue weighted by molar-refractivity contribution is 0.357. The normalized spacial score (nSPS) is 12.2. The van der Waals surface area contributed by atoms with Crippen LogP contribution in [-0.4, -0.2) is 18.6 Å². The van der Waals surface area contributed by atoms with E-state index in [2.05, 4.69) is 0 Å². The van der Waals surface area contributed by atoms with Crippen molar-refractivity contribution in [3.63, 3.8) is 0 Å². The fraction of sp³-hybridized carbons (Fsp3) is 0.407. The molecule has 2 aromatic rings. The maximum atomic E-state index is 14.5. The first-order chi connectivity index (χ1) is 17.2. The summed E-state index contributed by atoms with van der Waals surface area (Å²) in [5.74, 6) is -13.8. The predicted octanol–water partition coefficient (Wildman–Crippen LogP) is 7.59. The van der Waals surface area contributed by atoms with Crippen LogP contribution < -0.4 is 0 Å². The number of rotatable bonds is 11. The van der Waals surface area contributed by atoms with Gasteiger partial charge >= 0.3 is 0 Å². The molecule has 0 saturated carbocycles. The number of aryl methyl sites for hydroxylation is 1. The standard InChI is InChI=1S/C27H31F5O4S/c1-5-6-7-11-17-14-19(33)18(13-12-16(4)10-8-9-15(2)3)25(34)26(17)37(35,36)27-23(31)21(29)20(28)22(30)24(27)32/h9,12,14,33-34H,5-8,10-11,13H2,1-4H3. The minimum atomic E-state index is -5.45. The van der Waals surface area contributed by atoms with E-state index in [9.17, 15) is 40.6 Å². The highest BCUT2D eigenvalue weighted by Crippen LogP contribution is 2.42. The zero-order valence-corrected chi connectivity index (χ0v) is 22.0. The second kappa shape index (κ2) is 12.6. The summed E-state index contributed by atoms with van der Waals surface area (Å²) in [5, 5.41) is 21.5. The van der Waals surface area contributed by atoms with Crippen molar-refractivity contribution in [3.8, 4) is 11.5 Å². The largest absolute Gasteiger partial charge is 0.508 e. The number of unbranched alkanes of at least 4 members (excludes halogenated alkanes) is 2. The van der Waals surface area contributed by atoms with Crippen LogP contribution in [0.5, 0.6) is 11.5 Å². The summed E-state index contributed by atoms with van der Waals surface area (Å²) in [6.07, 6.45) is 6.63. The Morgan fingerprint density at radius 3 is 1.97 bits per heavy atom. The molecule has 0 saturated heterocycles. The van der Waals surface area contributed by atoms with Gasteiger partial charge in [0.05, 0.1) is 0 Å². The Balaban J connectivity index is 2.73. The lowest BCUT2D eigenvalue weighted by atomic mass is 10.00. The molecule has 2 N–H and O–H groups in total. The lowest BCUT2D eigenvalue weighted by Gasteiger charge is -2.18. The van der Waals surface area contributed by atoms with E-state index >= 15 is 0 Å². The van der Waals surface area contributed by atoms with E-state index in [0.717, 1.165) is 30.1 Å². The molecule has 0 aliphatic heterocycles. The number of hydrogen-bond acceptors (Lipinski definition) is 4. The number of benzene rings is 2. The third kappa shape index (κ3) is 6.71. The van der Waals surface area contributed by atoms with Crippen LogP contribution in [0.1, 0.15) is 70.9 Å². The highest BCUT2D eigenvalue weighted by atomic mass is 32.2. The molecule has 0 aliphatic rings. The molecule has 0 atom stereocenters. The molecule has 0 amide bonds. The second-order valence-electron chi connectivity index (χ2n) is 9.15. The molecule has 0 fully saturated rings.